The number of anilines is 1. The summed E-state index contributed by atoms with van der Waals surface area (Å²) in [4.78, 5) is 25.4. The number of hydrogen-bond acceptors (Lipinski definition) is 3. The molecule has 0 atom stereocenters. The maximum absolute atomic E-state index is 12.3. The van der Waals surface area contributed by atoms with E-state index in [-0.39, 0.29) is 5.91 Å². The minimum Gasteiger partial charge on any atom is -0.468 e. The van der Waals surface area contributed by atoms with Crippen molar-refractivity contribution in [1.29, 1.82) is 0 Å². The Morgan fingerprint density at radius 1 is 1.24 bits per heavy atom. The van der Waals surface area contributed by atoms with Crippen molar-refractivity contribution in [3.05, 3.63) is 30.3 Å². The predicted molar refractivity (Wildman–Crippen MR) is 63.5 cm³/mol. The van der Waals surface area contributed by atoms with Crippen LogP contribution in [-0.2, 0) is 14.3 Å². The quantitative estimate of drug-likeness (QED) is 0.588. The maximum Gasteiger partial charge on any atom is 0.321 e. The molecule has 1 aliphatic rings. The third kappa shape index (κ3) is 1.90. The van der Waals surface area contributed by atoms with Crippen LogP contribution in [0.15, 0.2) is 30.3 Å². The van der Waals surface area contributed by atoms with E-state index < -0.39 is 11.4 Å². The van der Waals surface area contributed by atoms with Crippen molar-refractivity contribution in [1.82, 2.24) is 0 Å². The van der Waals surface area contributed by atoms with Crippen molar-refractivity contribution in [3.8, 4) is 0 Å². The standard InChI is InChI=1S/C13H15NO3/c1-14(10-6-4-3-5-7-10)11(15)13(8-9-13)12(16)17-2/h3-7H,8-9H2,1-2H3. The molecule has 0 spiro atoms. The van der Waals surface area contributed by atoms with Gasteiger partial charge in [-0.15, -0.1) is 0 Å². The lowest BCUT2D eigenvalue weighted by atomic mass is 10.1. The van der Waals surface area contributed by atoms with E-state index in [1.165, 1.54) is 12.0 Å². The molecule has 0 bridgehead atoms. The zero-order valence-electron chi connectivity index (χ0n) is 9.97. The first-order valence-corrected chi connectivity index (χ1v) is 5.53. The van der Waals surface area contributed by atoms with Crippen molar-refractivity contribution in [2.24, 2.45) is 5.41 Å². The van der Waals surface area contributed by atoms with E-state index in [1.807, 2.05) is 30.3 Å². The molecule has 0 saturated heterocycles. The third-order valence-corrected chi connectivity index (χ3v) is 3.18. The summed E-state index contributed by atoms with van der Waals surface area (Å²) in [5.74, 6) is -0.610. The maximum atomic E-state index is 12.3. The summed E-state index contributed by atoms with van der Waals surface area (Å²) in [6.45, 7) is 0. The number of esters is 1. The van der Waals surface area contributed by atoms with Gasteiger partial charge >= 0.3 is 5.97 Å². The molecule has 2 rings (SSSR count). The Morgan fingerprint density at radius 3 is 2.29 bits per heavy atom. The molecule has 0 N–H and O–H groups in total. The van der Waals surface area contributed by atoms with Gasteiger partial charge in [0.15, 0.2) is 0 Å². The van der Waals surface area contributed by atoms with Gasteiger partial charge in [-0.3, -0.25) is 9.59 Å². The molecule has 1 aromatic rings. The molecule has 0 aliphatic heterocycles. The lowest BCUT2D eigenvalue weighted by molar-refractivity contribution is -0.151. The van der Waals surface area contributed by atoms with E-state index in [9.17, 15) is 9.59 Å². The van der Waals surface area contributed by atoms with Crippen molar-refractivity contribution in [2.45, 2.75) is 12.8 Å². The van der Waals surface area contributed by atoms with Crippen LogP contribution in [0.4, 0.5) is 5.69 Å². The summed E-state index contributed by atoms with van der Waals surface area (Å²) < 4.78 is 4.70. The van der Waals surface area contributed by atoms with Gasteiger partial charge in [-0.05, 0) is 25.0 Å². The van der Waals surface area contributed by atoms with E-state index in [2.05, 4.69) is 0 Å². The van der Waals surface area contributed by atoms with Crippen LogP contribution in [0.1, 0.15) is 12.8 Å². The predicted octanol–water partition coefficient (Wildman–Crippen LogP) is 1.60. The second-order valence-electron chi connectivity index (χ2n) is 4.27. The van der Waals surface area contributed by atoms with E-state index >= 15 is 0 Å². The molecule has 17 heavy (non-hydrogen) atoms. The molecule has 0 radical (unpaired) electrons. The zero-order valence-corrected chi connectivity index (χ0v) is 9.97. The van der Waals surface area contributed by atoms with Gasteiger partial charge < -0.3 is 9.64 Å². The average molecular weight is 233 g/mol. The SMILES string of the molecule is COC(=O)C1(C(=O)N(C)c2ccccc2)CC1. The Labute approximate surface area is 100 Å². The number of para-hydroxylation sites is 1. The first kappa shape index (κ1) is 11.6. The highest BCUT2D eigenvalue weighted by atomic mass is 16.5. The third-order valence-electron chi connectivity index (χ3n) is 3.18. The lowest BCUT2D eigenvalue weighted by Gasteiger charge is -2.21. The van der Waals surface area contributed by atoms with Crippen LogP contribution in [0.5, 0.6) is 0 Å². The largest absolute Gasteiger partial charge is 0.468 e. The Hall–Kier alpha value is -1.84. The lowest BCUT2D eigenvalue weighted by Crippen LogP contribution is -2.39. The van der Waals surface area contributed by atoms with Gasteiger partial charge in [0, 0.05) is 12.7 Å². The highest BCUT2D eigenvalue weighted by Crippen LogP contribution is 2.48. The van der Waals surface area contributed by atoms with Gasteiger partial charge in [-0.2, -0.15) is 0 Å². The first-order chi connectivity index (χ1) is 8.12. The molecule has 1 aliphatic carbocycles. The summed E-state index contributed by atoms with van der Waals surface area (Å²) >= 11 is 0. The van der Waals surface area contributed by atoms with Crippen LogP contribution < -0.4 is 4.90 Å². The average Bonchev–Trinajstić information content (AvgIpc) is 3.18. The molecule has 4 heteroatoms. The first-order valence-electron chi connectivity index (χ1n) is 5.53. The van der Waals surface area contributed by atoms with E-state index in [4.69, 9.17) is 4.74 Å². The molecule has 4 nitrogen and oxygen atoms in total. The Kier molecular flexibility index (Phi) is 2.88. The molecule has 0 aromatic heterocycles. The zero-order chi connectivity index (χ0) is 12.5. The van der Waals surface area contributed by atoms with Gasteiger partial charge in [0.05, 0.1) is 7.11 Å². The number of hydrogen-bond donors (Lipinski definition) is 0. The van der Waals surface area contributed by atoms with Crippen LogP contribution in [-0.4, -0.2) is 26.0 Å². The van der Waals surface area contributed by atoms with Crippen molar-refractivity contribution in [2.75, 3.05) is 19.1 Å². The molecule has 0 heterocycles. The van der Waals surface area contributed by atoms with E-state index in [1.54, 1.807) is 7.05 Å². The summed E-state index contributed by atoms with van der Waals surface area (Å²) in [7, 11) is 3.00. The van der Waals surface area contributed by atoms with Crippen molar-refractivity contribution in [3.63, 3.8) is 0 Å². The Bertz CT molecular complexity index is 437. The number of benzene rings is 1. The van der Waals surface area contributed by atoms with Crippen LogP contribution in [0.25, 0.3) is 0 Å². The molecule has 1 fully saturated rings. The number of carbonyl (C=O) groups is 2. The minimum absolute atomic E-state index is 0.185. The fourth-order valence-corrected chi connectivity index (χ4v) is 1.92. The molecule has 0 unspecified atom stereocenters. The normalized spacial score (nSPS) is 16.1. The molecular weight excluding hydrogens is 218 g/mol. The number of nitrogens with zero attached hydrogens (tertiary/aromatic N) is 1. The van der Waals surface area contributed by atoms with Crippen LogP contribution >= 0.6 is 0 Å². The Balaban J connectivity index is 2.19. The molecule has 1 aromatic carbocycles. The topological polar surface area (TPSA) is 46.6 Å². The number of methoxy groups -OCH3 is 1. The number of rotatable bonds is 3. The number of amides is 1. The minimum atomic E-state index is -0.931. The molecular formula is C13H15NO3. The van der Waals surface area contributed by atoms with E-state index in [0.29, 0.717) is 12.8 Å². The van der Waals surface area contributed by atoms with Gasteiger partial charge in [0.1, 0.15) is 5.41 Å². The summed E-state index contributed by atoms with van der Waals surface area (Å²) in [5, 5.41) is 0. The summed E-state index contributed by atoms with van der Waals surface area (Å²) in [5.41, 5.74) is -0.146. The smallest absolute Gasteiger partial charge is 0.321 e. The number of ether oxygens (including phenoxy) is 1. The van der Waals surface area contributed by atoms with Crippen LogP contribution in [0, 0.1) is 5.41 Å². The fourth-order valence-electron chi connectivity index (χ4n) is 1.92. The van der Waals surface area contributed by atoms with Crippen LogP contribution in [0.3, 0.4) is 0 Å². The second-order valence-corrected chi connectivity index (χ2v) is 4.27. The highest BCUT2D eigenvalue weighted by molar-refractivity contribution is 6.12. The van der Waals surface area contributed by atoms with Gasteiger partial charge in [0.2, 0.25) is 5.91 Å². The van der Waals surface area contributed by atoms with Gasteiger partial charge in [0.25, 0.3) is 0 Å². The molecule has 90 valence electrons. The summed E-state index contributed by atoms with van der Waals surface area (Å²) in [6, 6.07) is 9.28. The van der Waals surface area contributed by atoms with Crippen LogP contribution in [0.2, 0.25) is 0 Å². The van der Waals surface area contributed by atoms with Crippen molar-refractivity contribution >= 4 is 17.6 Å². The summed E-state index contributed by atoms with van der Waals surface area (Å²) in [6.07, 6.45) is 1.16. The van der Waals surface area contributed by atoms with Gasteiger partial charge in [-0.25, -0.2) is 0 Å². The van der Waals surface area contributed by atoms with Crippen molar-refractivity contribution < 1.29 is 14.3 Å². The fraction of sp³-hybridized carbons (Fsp3) is 0.385. The second kappa shape index (κ2) is 4.20. The molecule has 1 saturated carbocycles. The van der Waals surface area contributed by atoms with E-state index in [0.717, 1.165) is 5.69 Å². The number of carbonyl (C=O) groups excluding carboxylic acids is 2. The monoisotopic (exact) mass is 233 g/mol. The van der Waals surface area contributed by atoms with Gasteiger partial charge in [-0.1, -0.05) is 18.2 Å². The molecule has 1 amide bonds. The Morgan fingerprint density at radius 2 is 1.82 bits per heavy atom. The highest BCUT2D eigenvalue weighted by Gasteiger charge is 2.59.